The Morgan fingerprint density at radius 3 is 2.57 bits per heavy atom. The van der Waals surface area contributed by atoms with Crippen LogP contribution in [0.5, 0.6) is 0 Å². The molecule has 0 aliphatic rings. The second-order valence-electron chi connectivity index (χ2n) is 2.47. The number of halogens is 2. The third kappa shape index (κ3) is 2.74. The van der Waals surface area contributed by atoms with Gasteiger partial charge in [-0.1, -0.05) is 0 Å². The predicted molar refractivity (Wildman–Crippen MR) is 41.6 cm³/mol. The maximum absolute atomic E-state index is 12.4. The highest BCUT2D eigenvalue weighted by Crippen LogP contribution is 2.17. The van der Waals surface area contributed by atoms with Crippen LogP contribution in [0.2, 0.25) is 0 Å². The van der Waals surface area contributed by atoms with E-state index in [0.29, 0.717) is 5.56 Å². The Bertz CT molecular complexity index is 316. The average Bonchev–Trinajstić information content (AvgIpc) is 2.16. The van der Waals surface area contributed by atoms with Crippen LogP contribution in [0, 0.1) is 0 Å². The summed E-state index contributed by atoms with van der Waals surface area (Å²) in [6.45, 7) is -0.470. The summed E-state index contributed by atoms with van der Waals surface area (Å²) >= 11 is 0. The van der Waals surface area contributed by atoms with E-state index < -0.39 is 18.7 Å². The van der Waals surface area contributed by atoms with E-state index >= 15 is 0 Å². The molecule has 1 N–H and O–H groups in total. The molecule has 0 bridgehead atoms. The fourth-order valence-corrected chi connectivity index (χ4v) is 0.715. The number of ether oxygens (including phenoxy) is 1. The highest BCUT2D eigenvalue weighted by atomic mass is 19.3. The average molecular weight is 203 g/mol. The maximum atomic E-state index is 12.4. The number of aliphatic carboxylic acids is 1. The summed E-state index contributed by atoms with van der Waals surface area (Å²) < 4.78 is 28.7. The van der Waals surface area contributed by atoms with E-state index in [1.165, 1.54) is 24.5 Å². The molecule has 14 heavy (non-hydrogen) atoms. The van der Waals surface area contributed by atoms with Crippen LogP contribution in [0.25, 0.3) is 0 Å². The summed E-state index contributed by atoms with van der Waals surface area (Å²) in [5.41, 5.74) is 0.431. The summed E-state index contributed by atoms with van der Waals surface area (Å²) in [5, 5.41) is 8.03. The van der Waals surface area contributed by atoms with E-state index in [0.717, 1.165) is 0 Å². The van der Waals surface area contributed by atoms with Crippen LogP contribution >= 0.6 is 0 Å². The van der Waals surface area contributed by atoms with Crippen molar-refractivity contribution in [3.63, 3.8) is 0 Å². The fourth-order valence-electron chi connectivity index (χ4n) is 0.715. The molecule has 0 aromatic carbocycles. The van der Waals surface area contributed by atoms with E-state index in [1.54, 1.807) is 0 Å². The number of carboxylic acid groups (broad SMARTS) is 1. The number of aromatic nitrogens is 1. The lowest BCUT2D eigenvalue weighted by Gasteiger charge is -2.11. The molecule has 0 atom stereocenters. The Kier molecular flexibility index (Phi) is 3.08. The predicted octanol–water partition coefficient (Wildman–Crippen LogP) is 1.28. The zero-order valence-corrected chi connectivity index (χ0v) is 6.98. The Hall–Kier alpha value is -1.56. The molecule has 1 aromatic rings. The normalized spacial score (nSPS) is 11.3. The van der Waals surface area contributed by atoms with Crippen molar-refractivity contribution in [3.05, 3.63) is 30.1 Å². The van der Waals surface area contributed by atoms with Crippen molar-refractivity contribution in [2.45, 2.75) is 12.7 Å². The highest BCUT2D eigenvalue weighted by Gasteiger charge is 2.40. The molecule has 0 fully saturated rings. The van der Waals surface area contributed by atoms with Gasteiger partial charge >= 0.3 is 12.1 Å². The number of alkyl halides is 2. The summed E-state index contributed by atoms with van der Waals surface area (Å²) in [4.78, 5) is 13.6. The SMILES string of the molecule is O=C(O)C(F)(F)OCc1ccncc1. The molecule has 0 aliphatic heterocycles. The van der Waals surface area contributed by atoms with Crippen LogP contribution in [0.1, 0.15) is 5.56 Å². The molecular formula is C8H7F2NO3. The Balaban J connectivity index is 2.53. The molecule has 1 rings (SSSR count). The lowest BCUT2D eigenvalue weighted by atomic mass is 10.3. The van der Waals surface area contributed by atoms with Crippen LogP contribution in [0.3, 0.4) is 0 Å². The van der Waals surface area contributed by atoms with Crippen LogP contribution in [0.15, 0.2) is 24.5 Å². The van der Waals surface area contributed by atoms with Gasteiger partial charge in [-0.25, -0.2) is 4.79 Å². The molecule has 76 valence electrons. The van der Waals surface area contributed by atoms with Gasteiger partial charge in [0.15, 0.2) is 0 Å². The topological polar surface area (TPSA) is 59.4 Å². The molecule has 0 spiro atoms. The van der Waals surface area contributed by atoms with Gasteiger partial charge in [-0.3, -0.25) is 4.98 Å². The lowest BCUT2D eigenvalue weighted by molar-refractivity contribution is -0.250. The molecule has 0 radical (unpaired) electrons. The first kappa shape index (κ1) is 10.5. The van der Waals surface area contributed by atoms with Gasteiger partial charge in [0.25, 0.3) is 0 Å². The molecule has 6 heteroatoms. The quantitative estimate of drug-likeness (QED) is 0.800. The number of carboxylic acids is 1. The number of hydrogen-bond acceptors (Lipinski definition) is 3. The standard InChI is InChI=1S/C8H7F2NO3/c9-8(10,7(12)13)14-5-6-1-3-11-4-2-6/h1-4H,5H2,(H,12,13). The first-order valence-corrected chi connectivity index (χ1v) is 3.66. The summed E-state index contributed by atoms with van der Waals surface area (Å²) in [7, 11) is 0. The minimum absolute atomic E-state index is 0.431. The molecule has 1 aromatic heterocycles. The third-order valence-electron chi connectivity index (χ3n) is 1.42. The largest absolute Gasteiger partial charge is 0.475 e. The van der Waals surface area contributed by atoms with E-state index in [9.17, 15) is 13.6 Å². The van der Waals surface area contributed by atoms with Gasteiger partial charge in [-0.15, -0.1) is 0 Å². The van der Waals surface area contributed by atoms with E-state index in [-0.39, 0.29) is 0 Å². The first-order valence-electron chi connectivity index (χ1n) is 3.66. The van der Waals surface area contributed by atoms with Gasteiger partial charge < -0.3 is 9.84 Å². The number of rotatable bonds is 4. The molecule has 0 amide bonds. The zero-order chi connectivity index (χ0) is 10.6. The zero-order valence-electron chi connectivity index (χ0n) is 6.98. The van der Waals surface area contributed by atoms with E-state index in [4.69, 9.17) is 5.11 Å². The molecule has 0 aliphatic carbocycles. The number of nitrogens with zero attached hydrogens (tertiary/aromatic N) is 1. The third-order valence-corrected chi connectivity index (χ3v) is 1.42. The van der Waals surface area contributed by atoms with Crippen molar-refractivity contribution in [2.24, 2.45) is 0 Å². The summed E-state index contributed by atoms with van der Waals surface area (Å²) in [6.07, 6.45) is -1.35. The second kappa shape index (κ2) is 4.10. The van der Waals surface area contributed by atoms with Crippen molar-refractivity contribution >= 4 is 5.97 Å². The van der Waals surface area contributed by atoms with E-state index in [1.807, 2.05) is 0 Å². The van der Waals surface area contributed by atoms with Crippen LogP contribution in [0.4, 0.5) is 8.78 Å². The molecule has 1 heterocycles. The number of carbonyl (C=O) groups is 1. The minimum Gasteiger partial charge on any atom is -0.475 e. The molecule has 4 nitrogen and oxygen atoms in total. The van der Waals surface area contributed by atoms with Crippen molar-refractivity contribution in [2.75, 3.05) is 0 Å². The molecule has 0 saturated heterocycles. The van der Waals surface area contributed by atoms with Crippen LogP contribution in [-0.2, 0) is 16.1 Å². The molecule has 0 unspecified atom stereocenters. The van der Waals surface area contributed by atoms with Crippen molar-refractivity contribution in [1.82, 2.24) is 4.98 Å². The van der Waals surface area contributed by atoms with Crippen LogP contribution in [-0.4, -0.2) is 22.2 Å². The monoisotopic (exact) mass is 203 g/mol. The van der Waals surface area contributed by atoms with Crippen molar-refractivity contribution in [1.29, 1.82) is 0 Å². The van der Waals surface area contributed by atoms with Gasteiger partial charge in [-0.05, 0) is 17.7 Å². The minimum atomic E-state index is -4.15. The molecular weight excluding hydrogens is 196 g/mol. The lowest BCUT2D eigenvalue weighted by Crippen LogP contribution is -2.31. The number of pyridine rings is 1. The Labute approximate surface area is 78.1 Å². The second-order valence-corrected chi connectivity index (χ2v) is 2.47. The van der Waals surface area contributed by atoms with E-state index in [2.05, 4.69) is 9.72 Å². The highest BCUT2D eigenvalue weighted by molar-refractivity contribution is 5.73. The summed E-state index contributed by atoms with van der Waals surface area (Å²) in [5.74, 6) is -2.30. The Morgan fingerprint density at radius 1 is 1.50 bits per heavy atom. The Morgan fingerprint density at radius 2 is 2.07 bits per heavy atom. The van der Waals surface area contributed by atoms with Gasteiger partial charge in [0.05, 0.1) is 6.61 Å². The van der Waals surface area contributed by atoms with Gasteiger partial charge in [0.2, 0.25) is 0 Å². The van der Waals surface area contributed by atoms with Crippen molar-refractivity contribution < 1.29 is 23.4 Å². The van der Waals surface area contributed by atoms with Gasteiger partial charge in [0.1, 0.15) is 0 Å². The summed E-state index contributed by atoms with van der Waals surface area (Å²) in [6, 6.07) is 2.91. The number of hydrogen-bond donors (Lipinski definition) is 1. The van der Waals surface area contributed by atoms with Gasteiger partial charge in [-0.2, -0.15) is 8.78 Å². The molecule has 0 saturated carbocycles. The fraction of sp³-hybridized carbons (Fsp3) is 0.250. The maximum Gasteiger partial charge on any atom is 0.456 e. The van der Waals surface area contributed by atoms with Crippen LogP contribution < -0.4 is 0 Å². The smallest absolute Gasteiger partial charge is 0.456 e. The van der Waals surface area contributed by atoms with Crippen molar-refractivity contribution in [3.8, 4) is 0 Å². The van der Waals surface area contributed by atoms with Gasteiger partial charge in [0, 0.05) is 12.4 Å². The first-order chi connectivity index (χ1) is 6.52.